The predicted molar refractivity (Wildman–Crippen MR) is 184 cm³/mol. The molecule has 0 aliphatic heterocycles. The molecule has 47 heavy (non-hydrogen) atoms. The summed E-state index contributed by atoms with van der Waals surface area (Å²) >= 11 is 6.73. The van der Waals surface area contributed by atoms with Crippen molar-refractivity contribution in [2.75, 3.05) is 20.3 Å². The minimum absolute atomic E-state index is 0.0714. The first-order valence-corrected chi connectivity index (χ1v) is 16.4. The molecule has 0 radical (unpaired) electrons. The van der Waals surface area contributed by atoms with Crippen LogP contribution in [0.3, 0.4) is 0 Å². The number of nitrogens with zero attached hydrogens (tertiary/aromatic N) is 2. The number of hydrogen-bond acceptors (Lipinski definition) is 5. The van der Waals surface area contributed by atoms with E-state index in [-0.39, 0.29) is 24.9 Å². The van der Waals surface area contributed by atoms with E-state index in [1.165, 1.54) is 25.7 Å². The topological polar surface area (TPSA) is 103 Å². The molecule has 242 valence electrons. The number of benzene rings is 4. The highest BCUT2D eigenvalue weighted by Gasteiger charge is 2.20. The molecule has 1 fully saturated rings. The van der Waals surface area contributed by atoms with E-state index in [4.69, 9.17) is 31.3 Å². The number of nitrogens with one attached hydrogen (secondary N) is 1. The van der Waals surface area contributed by atoms with Gasteiger partial charge in [-0.05, 0) is 96.6 Å². The van der Waals surface area contributed by atoms with Crippen LogP contribution in [0.25, 0.3) is 33.3 Å². The van der Waals surface area contributed by atoms with E-state index >= 15 is 0 Å². The van der Waals surface area contributed by atoms with Gasteiger partial charge in [-0.25, -0.2) is 0 Å². The molecule has 0 spiro atoms. The summed E-state index contributed by atoms with van der Waals surface area (Å²) in [7, 11) is 1.66. The highest BCUT2D eigenvalue weighted by molar-refractivity contribution is 6.32. The van der Waals surface area contributed by atoms with E-state index in [0.29, 0.717) is 28.9 Å². The number of halogens is 1. The first-order valence-electron chi connectivity index (χ1n) is 16.0. The zero-order valence-corrected chi connectivity index (χ0v) is 27.3. The summed E-state index contributed by atoms with van der Waals surface area (Å²) in [6.45, 7) is 2.83. The molecule has 5 aromatic rings. The number of aliphatic carboxylic acids is 1. The average molecular weight is 652 g/mol. The fourth-order valence-electron chi connectivity index (χ4n) is 6.16. The summed E-state index contributed by atoms with van der Waals surface area (Å²) in [5.41, 5.74) is 5.02. The predicted octanol–water partition coefficient (Wildman–Crippen LogP) is 8.42. The Hall–Kier alpha value is -4.82. The quantitative estimate of drug-likeness (QED) is 0.140. The van der Waals surface area contributed by atoms with E-state index in [0.717, 1.165) is 44.6 Å². The smallest absolute Gasteiger partial charge is 0.305 e. The second kappa shape index (κ2) is 14.3. The summed E-state index contributed by atoms with van der Waals surface area (Å²) in [5.74, 6) is 0.813. The van der Waals surface area contributed by atoms with Crippen molar-refractivity contribution in [3.63, 3.8) is 0 Å². The Morgan fingerprint density at radius 2 is 1.68 bits per heavy atom. The molecular weight excluding hydrogens is 614 g/mol. The standard InChI is InChI=1S/C38H38ClN3O5/c1-24(26-7-9-27(10-8-26)38(45)40-18-17-37(43)44)42-35(31-12-11-29-20-32(46-2)15-13-28(29)19-31)22-34(41-42)30-14-16-36(33(39)21-30)47-23-25-5-3-4-6-25/h7-16,19-22,24-25H,3-6,17-18,23H2,1-2H3,(H,40,45)(H,43,44)/t24-/m0/s1. The van der Waals surface area contributed by atoms with Crippen molar-refractivity contribution >= 4 is 34.2 Å². The molecule has 1 aromatic heterocycles. The molecule has 9 heteroatoms. The zero-order chi connectivity index (χ0) is 32.9. The van der Waals surface area contributed by atoms with Gasteiger partial charge in [0.05, 0.1) is 42.6 Å². The summed E-state index contributed by atoms with van der Waals surface area (Å²) in [6, 6.07) is 27.4. The number of methoxy groups -OCH3 is 1. The SMILES string of the molecule is COc1ccc2cc(-c3cc(-c4ccc(OCC5CCCC5)c(Cl)c4)nn3[C@@H](C)c3ccc(C(=O)NCCC(=O)O)cc3)ccc2c1. The van der Waals surface area contributed by atoms with Crippen LogP contribution in [0.15, 0.2) is 84.9 Å². The number of carbonyl (C=O) groups is 2. The zero-order valence-electron chi connectivity index (χ0n) is 26.5. The van der Waals surface area contributed by atoms with Gasteiger partial charge < -0.3 is 19.9 Å². The number of rotatable bonds is 12. The molecule has 1 heterocycles. The van der Waals surface area contributed by atoms with Gasteiger partial charge in [-0.1, -0.05) is 54.8 Å². The van der Waals surface area contributed by atoms with Crippen LogP contribution < -0.4 is 14.8 Å². The number of fused-ring (bicyclic) bond motifs is 1. The van der Waals surface area contributed by atoms with Crippen molar-refractivity contribution in [3.8, 4) is 34.0 Å². The van der Waals surface area contributed by atoms with Gasteiger partial charge in [0, 0.05) is 23.2 Å². The second-order valence-corrected chi connectivity index (χ2v) is 12.5. The molecule has 6 rings (SSSR count). The maximum Gasteiger partial charge on any atom is 0.305 e. The number of amides is 1. The van der Waals surface area contributed by atoms with Crippen LogP contribution in [0, 0.1) is 5.92 Å². The van der Waals surface area contributed by atoms with Gasteiger partial charge in [0.15, 0.2) is 0 Å². The van der Waals surface area contributed by atoms with Gasteiger partial charge in [0.1, 0.15) is 11.5 Å². The van der Waals surface area contributed by atoms with Crippen LogP contribution in [-0.2, 0) is 4.79 Å². The third-order valence-electron chi connectivity index (χ3n) is 8.90. The lowest BCUT2D eigenvalue weighted by atomic mass is 10.0. The maximum absolute atomic E-state index is 12.5. The van der Waals surface area contributed by atoms with Gasteiger partial charge in [-0.3, -0.25) is 14.3 Å². The first kappa shape index (κ1) is 32.1. The van der Waals surface area contributed by atoms with Crippen molar-refractivity contribution in [2.24, 2.45) is 5.92 Å². The highest BCUT2D eigenvalue weighted by atomic mass is 35.5. The van der Waals surface area contributed by atoms with Gasteiger partial charge in [0.2, 0.25) is 0 Å². The molecule has 1 atom stereocenters. The number of carboxylic acids is 1. The monoisotopic (exact) mass is 651 g/mol. The number of carboxylic acid groups (broad SMARTS) is 1. The van der Waals surface area contributed by atoms with Gasteiger partial charge in [-0.2, -0.15) is 5.10 Å². The maximum atomic E-state index is 12.5. The average Bonchev–Trinajstić information content (AvgIpc) is 3.78. The lowest BCUT2D eigenvalue weighted by molar-refractivity contribution is -0.136. The number of aromatic nitrogens is 2. The second-order valence-electron chi connectivity index (χ2n) is 12.1. The summed E-state index contributed by atoms with van der Waals surface area (Å²) < 4.78 is 13.5. The number of hydrogen-bond donors (Lipinski definition) is 2. The summed E-state index contributed by atoms with van der Waals surface area (Å²) in [5, 5.41) is 19.3. The van der Waals surface area contributed by atoms with E-state index in [9.17, 15) is 9.59 Å². The van der Waals surface area contributed by atoms with Crippen LogP contribution in [0.5, 0.6) is 11.5 Å². The third-order valence-corrected chi connectivity index (χ3v) is 9.20. The summed E-state index contributed by atoms with van der Waals surface area (Å²) in [4.78, 5) is 23.3. The van der Waals surface area contributed by atoms with Crippen molar-refractivity contribution in [1.82, 2.24) is 15.1 Å². The number of carbonyl (C=O) groups excluding carboxylic acids is 1. The molecule has 1 saturated carbocycles. The fraction of sp³-hybridized carbons (Fsp3) is 0.289. The molecule has 2 N–H and O–H groups in total. The lowest BCUT2D eigenvalue weighted by Crippen LogP contribution is -2.26. The van der Waals surface area contributed by atoms with Gasteiger partial charge >= 0.3 is 5.97 Å². The van der Waals surface area contributed by atoms with E-state index in [2.05, 4.69) is 36.5 Å². The molecular formula is C38H38ClN3O5. The van der Waals surface area contributed by atoms with Gasteiger partial charge in [-0.15, -0.1) is 0 Å². The molecule has 0 bridgehead atoms. The van der Waals surface area contributed by atoms with Crippen molar-refractivity contribution in [3.05, 3.63) is 101 Å². The van der Waals surface area contributed by atoms with Crippen LogP contribution in [0.1, 0.15) is 61.0 Å². The minimum atomic E-state index is -0.958. The lowest BCUT2D eigenvalue weighted by Gasteiger charge is -2.17. The third kappa shape index (κ3) is 7.44. The Morgan fingerprint density at radius 1 is 0.957 bits per heavy atom. The largest absolute Gasteiger partial charge is 0.497 e. The summed E-state index contributed by atoms with van der Waals surface area (Å²) in [6.07, 6.45) is 4.82. The Kier molecular flexibility index (Phi) is 9.78. The minimum Gasteiger partial charge on any atom is -0.497 e. The number of ether oxygens (including phenoxy) is 2. The first-order chi connectivity index (χ1) is 22.8. The molecule has 1 amide bonds. The van der Waals surface area contributed by atoms with E-state index in [1.807, 2.05) is 53.2 Å². The van der Waals surface area contributed by atoms with Crippen molar-refractivity contribution < 1.29 is 24.2 Å². The Balaban J connectivity index is 1.32. The van der Waals surface area contributed by atoms with E-state index in [1.54, 1.807) is 19.2 Å². The van der Waals surface area contributed by atoms with Gasteiger partial charge in [0.25, 0.3) is 5.91 Å². The Labute approximate surface area is 279 Å². The molecule has 1 aliphatic carbocycles. The van der Waals surface area contributed by atoms with Crippen molar-refractivity contribution in [1.29, 1.82) is 0 Å². The molecule has 8 nitrogen and oxygen atoms in total. The normalized spacial score (nSPS) is 13.9. The molecule has 4 aromatic carbocycles. The van der Waals surface area contributed by atoms with E-state index < -0.39 is 5.97 Å². The fourth-order valence-corrected chi connectivity index (χ4v) is 6.39. The van der Waals surface area contributed by atoms with Crippen LogP contribution in [0.4, 0.5) is 0 Å². The van der Waals surface area contributed by atoms with Crippen LogP contribution >= 0.6 is 11.6 Å². The Morgan fingerprint density at radius 3 is 2.40 bits per heavy atom. The van der Waals surface area contributed by atoms with Crippen LogP contribution in [0.2, 0.25) is 5.02 Å². The Bertz CT molecular complexity index is 1900. The molecule has 1 aliphatic rings. The highest BCUT2D eigenvalue weighted by Crippen LogP contribution is 2.36. The van der Waals surface area contributed by atoms with Crippen LogP contribution in [-0.4, -0.2) is 47.0 Å². The van der Waals surface area contributed by atoms with Crippen molar-refractivity contribution in [2.45, 2.75) is 45.1 Å². The molecule has 0 unspecified atom stereocenters. The molecule has 0 saturated heterocycles.